The maximum Gasteiger partial charge on any atom is 0.353 e. The van der Waals surface area contributed by atoms with E-state index >= 15 is 0 Å². The van der Waals surface area contributed by atoms with Gasteiger partial charge < -0.3 is 15.5 Å². The number of hydrogen-bond acceptors (Lipinski definition) is 9. The molecular formula is C18H18N8O2. The molecule has 0 radical (unpaired) electrons. The lowest BCUT2D eigenvalue weighted by Crippen LogP contribution is -2.47. The van der Waals surface area contributed by atoms with Crippen molar-refractivity contribution in [3.05, 3.63) is 59.2 Å². The molecule has 1 fully saturated rings. The van der Waals surface area contributed by atoms with Gasteiger partial charge in [0.15, 0.2) is 0 Å². The third kappa shape index (κ3) is 3.39. The molecule has 10 heteroatoms. The molecule has 2 N–H and O–H groups in total. The molecule has 0 amide bonds. The van der Waals surface area contributed by atoms with Crippen LogP contribution in [-0.4, -0.2) is 51.0 Å². The van der Waals surface area contributed by atoms with Crippen LogP contribution in [0.5, 0.6) is 0 Å². The van der Waals surface area contributed by atoms with Crippen molar-refractivity contribution in [3.63, 3.8) is 0 Å². The molecule has 1 aliphatic rings. The Morgan fingerprint density at radius 1 is 0.929 bits per heavy atom. The SMILES string of the molecule is Nc1ncnc(N2CCN(c3cc(-c4ccccc4)ncn3)CC2)c1[N+](=O)[O-]. The van der Waals surface area contributed by atoms with Crippen LogP contribution in [0.2, 0.25) is 0 Å². The number of nitro groups is 1. The molecular weight excluding hydrogens is 360 g/mol. The van der Waals surface area contributed by atoms with Gasteiger partial charge in [0.05, 0.1) is 10.6 Å². The quantitative estimate of drug-likeness (QED) is 0.533. The number of nitrogens with two attached hydrogens (primary N) is 1. The van der Waals surface area contributed by atoms with Crippen LogP contribution in [0.4, 0.5) is 23.1 Å². The summed E-state index contributed by atoms with van der Waals surface area (Å²) in [4.78, 5) is 31.3. The van der Waals surface area contributed by atoms with E-state index in [1.54, 1.807) is 6.33 Å². The van der Waals surface area contributed by atoms with Gasteiger partial charge in [-0.25, -0.2) is 19.9 Å². The molecule has 142 valence electrons. The third-order valence-corrected chi connectivity index (χ3v) is 4.64. The maximum atomic E-state index is 11.3. The third-order valence-electron chi connectivity index (χ3n) is 4.64. The highest BCUT2D eigenvalue weighted by atomic mass is 16.6. The highest BCUT2D eigenvalue weighted by Crippen LogP contribution is 2.31. The second-order valence-electron chi connectivity index (χ2n) is 6.29. The zero-order valence-corrected chi connectivity index (χ0v) is 15.0. The van der Waals surface area contributed by atoms with Crippen molar-refractivity contribution in [2.75, 3.05) is 41.7 Å². The van der Waals surface area contributed by atoms with Crippen LogP contribution in [0.1, 0.15) is 0 Å². The van der Waals surface area contributed by atoms with Crippen LogP contribution in [0.3, 0.4) is 0 Å². The van der Waals surface area contributed by atoms with Crippen LogP contribution < -0.4 is 15.5 Å². The van der Waals surface area contributed by atoms with Crippen LogP contribution in [0, 0.1) is 10.1 Å². The van der Waals surface area contributed by atoms with Gasteiger partial charge in [0.1, 0.15) is 18.5 Å². The summed E-state index contributed by atoms with van der Waals surface area (Å²) in [5.41, 5.74) is 7.31. The van der Waals surface area contributed by atoms with Crippen molar-refractivity contribution in [1.82, 2.24) is 19.9 Å². The van der Waals surface area contributed by atoms with Gasteiger partial charge in [-0.15, -0.1) is 0 Å². The van der Waals surface area contributed by atoms with E-state index in [0.29, 0.717) is 26.2 Å². The Bertz CT molecular complexity index is 990. The first-order valence-corrected chi connectivity index (χ1v) is 8.75. The van der Waals surface area contributed by atoms with Crippen molar-refractivity contribution >= 4 is 23.1 Å². The summed E-state index contributed by atoms with van der Waals surface area (Å²) in [6, 6.07) is 11.9. The van der Waals surface area contributed by atoms with Crippen molar-refractivity contribution in [1.29, 1.82) is 0 Å². The van der Waals surface area contributed by atoms with E-state index < -0.39 is 4.92 Å². The first kappa shape index (κ1) is 17.6. The van der Waals surface area contributed by atoms with Crippen LogP contribution in [0.25, 0.3) is 11.3 Å². The molecule has 4 rings (SSSR count). The zero-order valence-electron chi connectivity index (χ0n) is 15.0. The lowest BCUT2D eigenvalue weighted by molar-refractivity contribution is -0.383. The molecule has 0 aliphatic carbocycles. The molecule has 0 spiro atoms. The fourth-order valence-electron chi connectivity index (χ4n) is 3.22. The lowest BCUT2D eigenvalue weighted by atomic mass is 10.1. The number of aromatic nitrogens is 4. The molecule has 10 nitrogen and oxygen atoms in total. The molecule has 3 aromatic rings. The minimum atomic E-state index is -0.534. The second kappa shape index (κ2) is 7.43. The van der Waals surface area contributed by atoms with Crippen molar-refractivity contribution < 1.29 is 4.92 Å². The number of benzene rings is 1. The second-order valence-corrected chi connectivity index (χ2v) is 6.29. The topological polar surface area (TPSA) is 127 Å². The van der Waals surface area contributed by atoms with Crippen molar-refractivity contribution in [2.45, 2.75) is 0 Å². The Balaban J connectivity index is 1.51. The lowest BCUT2D eigenvalue weighted by Gasteiger charge is -2.35. The van der Waals surface area contributed by atoms with Gasteiger partial charge in [-0.1, -0.05) is 30.3 Å². The number of anilines is 3. The molecule has 0 bridgehead atoms. The van der Waals surface area contributed by atoms with E-state index in [4.69, 9.17) is 5.73 Å². The first-order chi connectivity index (χ1) is 13.6. The van der Waals surface area contributed by atoms with Gasteiger partial charge in [-0.05, 0) is 0 Å². The molecule has 0 saturated carbocycles. The highest BCUT2D eigenvalue weighted by Gasteiger charge is 2.28. The van der Waals surface area contributed by atoms with E-state index in [9.17, 15) is 10.1 Å². The fourth-order valence-corrected chi connectivity index (χ4v) is 3.22. The van der Waals surface area contributed by atoms with E-state index in [2.05, 4.69) is 24.8 Å². The Labute approximate surface area is 160 Å². The normalized spacial score (nSPS) is 14.1. The number of nitrogen functional groups attached to an aromatic ring is 1. The van der Waals surface area contributed by atoms with Crippen LogP contribution in [0.15, 0.2) is 49.1 Å². The summed E-state index contributed by atoms with van der Waals surface area (Å²) in [6.45, 7) is 2.41. The Kier molecular flexibility index (Phi) is 4.67. The average molecular weight is 378 g/mol. The average Bonchev–Trinajstić information content (AvgIpc) is 2.74. The minimum Gasteiger partial charge on any atom is -0.378 e. The summed E-state index contributed by atoms with van der Waals surface area (Å²) in [5, 5.41) is 11.3. The molecule has 1 aromatic carbocycles. The molecule has 3 heterocycles. The molecule has 0 atom stereocenters. The number of nitrogens with zero attached hydrogens (tertiary/aromatic N) is 7. The van der Waals surface area contributed by atoms with Crippen LogP contribution in [-0.2, 0) is 0 Å². The van der Waals surface area contributed by atoms with Crippen LogP contribution >= 0.6 is 0 Å². The Hall–Kier alpha value is -3.82. The predicted molar refractivity (Wildman–Crippen MR) is 105 cm³/mol. The van der Waals surface area contributed by atoms with Crippen molar-refractivity contribution in [2.24, 2.45) is 0 Å². The summed E-state index contributed by atoms with van der Waals surface area (Å²) in [5.74, 6) is 0.954. The molecule has 28 heavy (non-hydrogen) atoms. The molecule has 1 saturated heterocycles. The van der Waals surface area contributed by atoms with Gasteiger partial charge in [0, 0.05) is 37.8 Å². The summed E-state index contributed by atoms with van der Waals surface area (Å²) < 4.78 is 0. The zero-order chi connectivity index (χ0) is 19.5. The molecule has 1 aliphatic heterocycles. The standard InChI is InChI=1S/C18H18N8O2/c19-17-16(26(27)28)18(23-12-22-17)25-8-6-24(7-9-25)15-10-14(20-11-21-15)13-4-2-1-3-5-13/h1-5,10-12H,6-9H2,(H2,19,22,23). The smallest absolute Gasteiger partial charge is 0.353 e. The maximum absolute atomic E-state index is 11.3. The van der Waals surface area contributed by atoms with E-state index in [0.717, 1.165) is 17.1 Å². The fraction of sp³-hybridized carbons (Fsp3) is 0.222. The summed E-state index contributed by atoms with van der Waals surface area (Å²) in [6.07, 6.45) is 2.81. The highest BCUT2D eigenvalue weighted by molar-refractivity contribution is 5.69. The van der Waals surface area contributed by atoms with Crippen molar-refractivity contribution in [3.8, 4) is 11.3 Å². The van der Waals surface area contributed by atoms with Gasteiger partial charge in [0.25, 0.3) is 0 Å². The van der Waals surface area contributed by atoms with E-state index in [-0.39, 0.29) is 17.3 Å². The monoisotopic (exact) mass is 378 g/mol. The number of piperazine rings is 1. The summed E-state index contributed by atoms with van der Waals surface area (Å²) in [7, 11) is 0. The molecule has 2 aromatic heterocycles. The van der Waals surface area contributed by atoms with Gasteiger partial charge in [0.2, 0.25) is 11.6 Å². The van der Waals surface area contributed by atoms with E-state index in [1.165, 1.54) is 6.33 Å². The largest absolute Gasteiger partial charge is 0.378 e. The molecule has 0 unspecified atom stereocenters. The Morgan fingerprint density at radius 3 is 2.32 bits per heavy atom. The minimum absolute atomic E-state index is 0.124. The van der Waals surface area contributed by atoms with Gasteiger partial charge in [-0.2, -0.15) is 0 Å². The first-order valence-electron chi connectivity index (χ1n) is 8.75. The Morgan fingerprint density at radius 2 is 1.61 bits per heavy atom. The van der Waals surface area contributed by atoms with Gasteiger partial charge >= 0.3 is 5.69 Å². The summed E-state index contributed by atoms with van der Waals surface area (Å²) >= 11 is 0. The predicted octanol–water partition coefficient (Wildman–Crippen LogP) is 1.75. The number of hydrogen-bond donors (Lipinski definition) is 1. The van der Waals surface area contributed by atoms with E-state index in [1.807, 2.05) is 41.3 Å². The van der Waals surface area contributed by atoms with Gasteiger partial charge in [-0.3, -0.25) is 10.1 Å². The number of rotatable bonds is 4.